The van der Waals surface area contributed by atoms with Crippen molar-refractivity contribution in [2.45, 2.75) is 18.8 Å². The number of rotatable bonds is 4. The number of halogens is 2. The molecular formula is C13H13BrFN5. The number of nitrogens with one attached hydrogen (secondary N) is 2. The second-order valence-electron chi connectivity index (χ2n) is 4.67. The molecule has 2 aromatic rings. The van der Waals surface area contributed by atoms with Crippen LogP contribution < -0.4 is 16.6 Å². The van der Waals surface area contributed by atoms with E-state index in [1.54, 1.807) is 18.2 Å². The molecule has 0 saturated heterocycles. The minimum absolute atomic E-state index is 0.330. The van der Waals surface area contributed by atoms with Crippen molar-refractivity contribution in [1.29, 1.82) is 0 Å². The van der Waals surface area contributed by atoms with Gasteiger partial charge in [-0.3, -0.25) is 0 Å². The van der Waals surface area contributed by atoms with Crippen molar-refractivity contribution < 1.29 is 4.39 Å². The van der Waals surface area contributed by atoms with Gasteiger partial charge in [-0.15, -0.1) is 0 Å². The average Bonchev–Trinajstić information content (AvgIpc) is 3.27. The van der Waals surface area contributed by atoms with Gasteiger partial charge in [0.25, 0.3) is 0 Å². The Balaban J connectivity index is 1.88. The zero-order valence-corrected chi connectivity index (χ0v) is 12.1. The molecule has 0 atom stereocenters. The third kappa shape index (κ3) is 2.88. The Labute approximate surface area is 123 Å². The number of aromatic nitrogens is 2. The summed E-state index contributed by atoms with van der Waals surface area (Å²) in [6.45, 7) is 0. The molecule has 5 nitrogen and oxygen atoms in total. The SMILES string of the molecule is NNc1cc(Nc2ccc(Br)c(F)c2)nc(C2CC2)n1. The number of hydrogen-bond donors (Lipinski definition) is 3. The topological polar surface area (TPSA) is 75.9 Å². The van der Waals surface area contributed by atoms with Crippen LogP contribution in [0.4, 0.5) is 21.7 Å². The lowest BCUT2D eigenvalue weighted by Crippen LogP contribution is -2.11. The van der Waals surface area contributed by atoms with Gasteiger partial charge in [0.2, 0.25) is 0 Å². The van der Waals surface area contributed by atoms with Crippen LogP contribution >= 0.6 is 15.9 Å². The third-order valence-corrected chi connectivity index (χ3v) is 3.67. The summed E-state index contributed by atoms with van der Waals surface area (Å²) in [5, 5.41) is 3.06. The molecular weight excluding hydrogens is 325 g/mol. The first-order valence-electron chi connectivity index (χ1n) is 6.23. The van der Waals surface area contributed by atoms with Crippen molar-refractivity contribution in [2.24, 2.45) is 5.84 Å². The molecule has 20 heavy (non-hydrogen) atoms. The quantitative estimate of drug-likeness (QED) is 0.589. The molecule has 3 rings (SSSR count). The summed E-state index contributed by atoms with van der Waals surface area (Å²) in [5.74, 6) is 7.39. The van der Waals surface area contributed by atoms with Crippen LogP contribution in [0.3, 0.4) is 0 Å². The second kappa shape index (κ2) is 5.34. The van der Waals surface area contributed by atoms with Crippen LogP contribution in [0.15, 0.2) is 28.7 Å². The van der Waals surface area contributed by atoms with E-state index in [0.29, 0.717) is 27.7 Å². The maximum Gasteiger partial charge on any atom is 0.145 e. The number of nitrogens with two attached hydrogens (primary N) is 1. The van der Waals surface area contributed by atoms with Crippen molar-refractivity contribution in [3.05, 3.63) is 40.4 Å². The van der Waals surface area contributed by atoms with E-state index in [9.17, 15) is 4.39 Å². The standard InChI is InChI=1S/C13H13BrFN5/c14-9-4-3-8(5-10(9)15)17-11-6-12(20-16)19-13(18-11)7-1-2-7/h3-7H,1-2,16H2,(H2,17,18,19,20). The first-order valence-corrected chi connectivity index (χ1v) is 7.02. The molecule has 1 heterocycles. The van der Waals surface area contributed by atoms with Crippen LogP contribution in [0.5, 0.6) is 0 Å². The van der Waals surface area contributed by atoms with E-state index in [4.69, 9.17) is 5.84 Å². The van der Waals surface area contributed by atoms with Crippen LogP contribution in [-0.4, -0.2) is 9.97 Å². The van der Waals surface area contributed by atoms with Crippen LogP contribution in [0.1, 0.15) is 24.6 Å². The van der Waals surface area contributed by atoms with Gasteiger partial charge in [-0.05, 0) is 47.0 Å². The van der Waals surface area contributed by atoms with Gasteiger partial charge < -0.3 is 10.7 Å². The monoisotopic (exact) mass is 337 g/mol. The molecule has 0 amide bonds. The third-order valence-electron chi connectivity index (χ3n) is 3.03. The summed E-state index contributed by atoms with van der Waals surface area (Å²) in [6, 6.07) is 6.49. The highest BCUT2D eigenvalue weighted by Crippen LogP contribution is 2.39. The number of nitrogen functional groups attached to an aromatic ring is 1. The van der Waals surface area contributed by atoms with Crippen LogP contribution in [0.2, 0.25) is 0 Å². The van der Waals surface area contributed by atoms with Crippen molar-refractivity contribution in [2.75, 3.05) is 10.7 Å². The van der Waals surface area contributed by atoms with Gasteiger partial charge in [-0.2, -0.15) is 0 Å². The fourth-order valence-electron chi connectivity index (χ4n) is 1.85. The van der Waals surface area contributed by atoms with E-state index >= 15 is 0 Å². The summed E-state index contributed by atoms with van der Waals surface area (Å²) in [4.78, 5) is 8.76. The maximum absolute atomic E-state index is 13.5. The van der Waals surface area contributed by atoms with Crippen LogP contribution in [0.25, 0.3) is 0 Å². The van der Waals surface area contributed by atoms with Gasteiger partial charge in [-0.25, -0.2) is 20.2 Å². The molecule has 1 aromatic heterocycles. The Bertz CT molecular complexity index is 645. The highest BCUT2D eigenvalue weighted by Gasteiger charge is 2.27. The number of anilines is 3. The van der Waals surface area contributed by atoms with E-state index in [1.165, 1.54) is 6.07 Å². The van der Waals surface area contributed by atoms with Crippen molar-refractivity contribution in [1.82, 2.24) is 9.97 Å². The van der Waals surface area contributed by atoms with Crippen LogP contribution in [-0.2, 0) is 0 Å². The lowest BCUT2D eigenvalue weighted by atomic mass is 10.3. The van der Waals surface area contributed by atoms with Crippen molar-refractivity contribution in [3.8, 4) is 0 Å². The van der Waals surface area contributed by atoms with Crippen molar-refractivity contribution in [3.63, 3.8) is 0 Å². The fraction of sp³-hybridized carbons (Fsp3) is 0.231. The van der Waals surface area contributed by atoms with Gasteiger partial charge >= 0.3 is 0 Å². The Morgan fingerprint density at radius 3 is 2.60 bits per heavy atom. The first kappa shape index (κ1) is 13.3. The molecule has 1 aliphatic carbocycles. The summed E-state index contributed by atoms with van der Waals surface area (Å²) >= 11 is 3.12. The molecule has 0 unspecified atom stereocenters. The molecule has 1 aliphatic rings. The Hall–Kier alpha value is -1.73. The number of hydrazine groups is 1. The predicted octanol–water partition coefficient (Wildman–Crippen LogP) is 3.28. The minimum Gasteiger partial charge on any atom is -0.340 e. The summed E-state index contributed by atoms with van der Waals surface area (Å²) in [5.41, 5.74) is 3.14. The average molecular weight is 338 g/mol. The smallest absolute Gasteiger partial charge is 0.145 e. The fourth-order valence-corrected chi connectivity index (χ4v) is 2.10. The normalized spacial score (nSPS) is 14.2. The zero-order valence-electron chi connectivity index (χ0n) is 10.5. The summed E-state index contributed by atoms with van der Waals surface area (Å²) in [7, 11) is 0. The minimum atomic E-state index is -0.330. The molecule has 0 radical (unpaired) electrons. The molecule has 4 N–H and O–H groups in total. The second-order valence-corrected chi connectivity index (χ2v) is 5.52. The van der Waals surface area contributed by atoms with E-state index in [-0.39, 0.29) is 5.82 Å². The van der Waals surface area contributed by atoms with Gasteiger partial charge in [-0.1, -0.05) is 0 Å². The van der Waals surface area contributed by atoms with Crippen molar-refractivity contribution >= 4 is 33.3 Å². The molecule has 0 bridgehead atoms. The number of hydrogen-bond acceptors (Lipinski definition) is 5. The molecule has 7 heteroatoms. The predicted molar refractivity (Wildman–Crippen MR) is 79.2 cm³/mol. The first-order chi connectivity index (χ1) is 9.65. The van der Waals surface area contributed by atoms with Gasteiger partial charge in [0.05, 0.1) is 4.47 Å². The molecule has 104 valence electrons. The Morgan fingerprint density at radius 2 is 1.95 bits per heavy atom. The van der Waals surface area contributed by atoms with Gasteiger partial charge in [0, 0.05) is 17.7 Å². The summed E-state index contributed by atoms with van der Waals surface area (Å²) < 4.78 is 13.9. The number of benzene rings is 1. The van der Waals surface area contributed by atoms with E-state index < -0.39 is 0 Å². The highest BCUT2D eigenvalue weighted by atomic mass is 79.9. The lowest BCUT2D eigenvalue weighted by molar-refractivity contribution is 0.622. The molecule has 1 aromatic carbocycles. The van der Waals surface area contributed by atoms with Gasteiger partial charge in [0.1, 0.15) is 23.3 Å². The zero-order chi connectivity index (χ0) is 14.1. The van der Waals surface area contributed by atoms with Gasteiger partial charge in [0.15, 0.2) is 0 Å². The van der Waals surface area contributed by atoms with E-state index in [0.717, 1.165) is 18.7 Å². The lowest BCUT2D eigenvalue weighted by Gasteiger charge is -2.10. The maximum atomic E-state index is 13.5. The molecule has 0 aliphatic heterocycles. The number of nitrogens with zero attached hydrogens (tertiary/aromatic N) is 2. The van der Waals surface area contributed by atoms with Crippen LogP contribution in [0, 0.1) is 5.82 Å². The largest absolute Gasteiger partial charge is 0.340 e. The molecule has 0 spiro atoms. The van der Waals surface area contributed by atoms with E-state index in [2.05, 4.69) is 36.6 Å². The Kier molecular flexibility index (Phi) is 3.54. The summed E-state index contributed by atoms with van der Waals surface area (Å²) in [6.07, 6.45) is 2.20. The Morgan fingerprint density at radius 1 is 1.20 bits per heavy atom. The highest BCUT2D eigenvalue weighted by molar-refractivity contribution is 9.10. The molecule has 1 fully saturated rings. The molecule has 1 saturated carbocycles. The van der Waals surface area contributed by atoms with E-state index in [1.807, 2.05) is 0 Å².